The zero-order chi connectivity index (χ0) is 18.4. The van der Waals surface area contributed by atoms with Crippen LogP contribution in [0, 0.1) is 20.8 Å². The van der Waals surface area contributed by atoms with E-state index in [-0.39, 0.29) is 11.9 Å². The Labute approximate surface area is 151 Å². The minimum absolute atomic E-state index is 0.00102. The monoisotopic (exact) mass is 353 g/mol. The Morgan fingerprint density at radius 1 is 1.31 bits per heavy atom. The van der Waals surface area contributed by atoms with Crippen molar-refractivity contribution in [3.63, 3.8) is 0 Å². The molecule has 2 aromatic heterocycles. The maximum Gasteiger partial charge on any atom is 0.256 e. The zero-order valence-corrected chi connectivity index (χ0v) is 15.5. The molecule has 1 fully saturated rings. The number of hydrogen-bond acceptors (Lipinski definition) is 4. The fraction of sp³-hybridized carbons (Fsp3) is 0.421. The van der Waals surface area contributed by atoms with E-state index in [1.54, 1.807) is 6.20 Å². The average Bonchev–Trinajstić information content (AvgIpc) is 3.18. The predicted octanol–water partition coefficient (Wildman–Crippen LogP) is 2.44. The Hall–Kier alpha value is -2.67. The van der Waals surface area contributed by atoms with Gasteiger partial charge in [0, 0.05) is 30.2 Å². The van der Waals surface area contributed by atoms with Crippen molar-refractivity contribution in [3.8, 4) is 0 Å². The topological polar surface area (TPSA) is 76.0 Å². The van der Waals surface area contributed by atoms with Crippen molar-refractivity contribution < 1.29 is 9.53 Å². The molecule has 1 saturated heterocycles. The predicted molar refractivity (Wildman–Crippen MR) is 98.1 cm³/mol. The normalized spacial score (nSPS) is 17.8. The fourth-order valence-corrected chi connectivity index (χ4v) is 3.89. The number of amides is 1. The summed E-state index contributed by atoms with van der Waals surface area (Å²) < 4.78 is 7.58. The van der Waals surface area contributed by atoms with Gasteiger partial charge in [-0.1, -0.05) is 0 Å². The minimum atomic E-state index is -0.136. The summed E-state index contributed by atoms with van der Waals surface area (Å²) in [7, 11) is 1.93. The number of aryl methyl sites for hydroxylation is 3. The van der Waals surface area contributed by atoms with Gasteiger partial charge in [0.15, 0.2) is 0 Å². The zero-order valence-electron chi connectivity index (χ0n) is 15.5. The number of ether oxygens (including phenoxy) is 1. The van der Waals surface area contributed by atoms with E-state index >= 15 is 0 Å². The van der Waals surface area contributed by atoms with Gasteiger partial charge in [-0.05, 0) is 38.5 Å². The molecule has 1 atom stereocenters. The maximum atomic E-state index is 13.5. The van der Waals surface area contributed by atoms with Crippen LogP contribution in [-0.4, -0.2) is 50.5 Å². The van der Waals surface area contributed by atoms with Crippen LogP contribution < -0.4 is 0 Å². The number of carbonyl (C=O) groups is 1. The molecule has 0 saturated carbocycles. The lowest BCUT2D eigenvalue weighted by molar-refractivity contribution is -0.00295. The molecule has 0 spiro atoms. The number of aromatic nitrogens is 4. The van der Waals surface area contributed by atoms with E-state index in [0.717, 1.165) is 33.4 Å². The lowest BCUT2D eigenvalue weighted by Gasteiger charge is -2.36. The smallest absolute Gasteiger partial charge is 0.256 e. The Balaban J connectivity index is 1.79. The molecule has 0 radical (unpaired) electrons. The van der Waals surface area contributed by atoms with Crippen molar-refractivity contribution in [1.82, 2.24) is 24.9 Å². The lowest BCUT2D eigenvalue weighted by atomic mass is 10.00. The molecule has 0 bridgehead atoms. The van der Waals surface area contributed by atoms with Crippen molar-refractivity contribution >= 4 is 16.8 Å². The van der Waals surface area contributed by atoms with Gasteiger partial charge in [0.05, 0.1) is 42.2 Å². The Kier molecular flexibility index (Phi) is 4.03. The van der Waals surface area contributed by atoms with Crippen LogP contribution in [0.3, 0.4) is 0 Å². The number of carbonyl (C=O) groups excluding carboxylic acids is 1. The quantitative estimate of drug-likeness (QED) is 0.768. The highest BCUT2D eigenvalue weighted by Gasteiger charge is 2.33. The van der Waals surface area contributed by atoms with Crippen molar-refractivity contribution in [1.29, 1.82) is 0 Å². The van der Waals surface area contributed by atoms with E-state index in [1.165, 1.54) is 0 Å². The second kappa shape index (κ2) is 6.25. The van der Waals surface area contributed by atoms with Gasteiger partial charge in [0.1, 0.15) is 0 Å². The molecule has 1 aliphatic heterocycles. The first-order valence-corrected chi connectivity index (χ1v) is 8.80. The summed E-state index contributed by atoms with van der Waals surface area (Å²) in [6.07, 6.45) is 1.76. The van der Waals surface area contributed by atoms with Gasteiger partial charge in [0.25, 0.3) is 5.91 Å². The number of aromatic amines is 1. The molecule has 1 unspecified atom stereocenters. The first-order valence-electron chi connectivity index (χ1n) is 8.80. The van der Waals surface area contributed by atoms with Crippen LogP contribution in [0.25, 0.3) is 10.9 Å². The molecule has 1 N–H and O–H groups in total. The molecule has 1 amide bonds. The Bertz CT molecular complexity index is 987. The molecule has 1 aliphatic rings. The third-order valence-corrected chi connectivity index (χ3v) is 5.21. The van der Waals surface area contributed by atoms with E-state index in [0.29, 0.717) is 25.3 Å². The van der Waals surface area contributed by atoms with Gasteiger partial charge in [0.2, 0.25) is 0 Å². The average molecular weight is 353 g/mol. The summed E-state index contributed by atoms with van der Waals surface area (Å²) in [6, 6.07) is 3.82. The molecule has 26 heavy (non-hydrogen) atoms. The number of fused-ring (bicyclic) bond motifs is 1. The molecule has 136 valence electrons. The van der Waals surface area contributed by atoms with Crippen LogP contribution in [0.1, 0.15) is 38.9 Å². The first kappa shape index (κ1) is 16.8. The number of rotatable bonds is 2. The van der Waals surface area contributed by atoms with Gasteiger partial charge in [-0.3, -0.25) is 14.6 Å². The number of hydrogen-bond donors (Lipinski definition) is 1. The summed E-state index contributed by atoms with van der Waals surface area (Å²) in [6.45, 7) is 7.59. The summed E-state index contributed by atoms with van der Waals surface area (Å²) in [5, 5.41) is 12.5. The molecule has 3 aromatic rings. The van der Waals surface area contributed by atoms with Crippen molar-refractivity contribution in [2.45, 2.75) is 26.8 Å². The maximum absolute atomic E-state index is 13.5. The van der Waals surface area contributed by atoms with E-state index in [2.05, 4.69) is 15.3 Å². The van der Waals surface area contributed by atoms with Crippen LogP contribution in [0.5, 0.6) is 0 Å². The highest BCUT2D eigenvalue weighted by molar-refractivity contribution is 6.06. The third kappa shape index (κ3) is 2.59. The summed E-state index contributed by atoms with van der Waals surface area (Å²) in [5.74, 6) is -0.00102. The standard InChI is InChI=1S/C19H23N5O2/c1-11-7-14-9-20-21-18(14)15(8-11)19(25)24-5-6-26-10-16(24)17-12(2)22-23(4)13(17)3/h7-9,16H,5-6,10H2,1-4H3,(H,20,21). The lowest BCUT2D eigenvalue weighted by Crippen LogP contribution is -2.44. The minimum Gasteiger partial charge on any atom is -0.377 e. The number of benzene rings is 1. The van der Waals surface area contributed by atoms with Gasteiger partial charge in [-0.2, -0.15) is 10.2 Å². The fourth-order valence-electron chi connectivity index (χ4n) is 3.89. The summed E-state index contributed by atoms with van der Waals surface area (Å²) in [4.78, 5) is 15.4. The molecule has 7 heteroatoms. The van der Waals surface area contributed by atoms with Gasteiger partial charge >= 0.3 is 0 Å². The van der Waals surface area contributed by atoms with E-state index < -0.39 is 0 Å². The SMILES string of the molecule is Cc1cc(C(=O)N2CCOCC2c2c(C)nn(C)c2C)c2[nH]ncc2c1. The third-order valence-electron chi connectivity index (χ3n) is 5.21. The van der Waals surface area contributed by atoms with Crippen molar-refractivity contribution in [2.24, 2.45) is 7.05 Å². The molecule has 4 rings (SSSR count). The second-order valence-corrected chi connectivity index (χ2v) is 6.94. The molecule has 1 aromatic carbocycles. The summed E-state index contributed by atoms with van der Waals surface area (Å²) >= 11 is 0. The van der Waals surface area contributed by atoms with E-state index in [9.17, 15) is 4.79 Å². The van der Waals surface area contributed by atoms with Crippen LogP contribution in [-0.2, 0) is 11.8 Å². The van der Waals surface area contributed by atoms with Gasteiger partial charge in [-0.25, -0.2) is 0 Å². The highest BCUT2D eigenvalue weighted by Crippen LogP contribution is 2.31. The number of morpholine rings is 1. The first-order chi connectivity index (χ1) is 12.5. The van der Waals surface area contributed by atoms with Crippen LogP contribution in [0.15, 0.2) is 18.3 Å². The molecule has 7 nitrogen and oxygen atoms in total. The van der Waals surface area contributed by atoms with Crippen molar-refractivity contribution in [3.05, 3.63) is 46.4 Å². The number of nitrogens with one attached hydrogen (secondary N) is 1. The largest absolute Gasteiger partial charge is 0.377 e. The molecule has 0 aliphatic carbocycles. The van der Waals surface area contributed by atoms with Gasteiger partial charge in [-0.15, -0.1) is 0 Å². The number of nitrogens with zero attached hydrogens (tertiary/aromatic N) is 4. The van der Waals surface area contributed by atoms with E-state index in [4.69, 9.17) is 4.74 Å². The Morgan fingerprint density at radius 2 is 2.12 bits per heavy atom. The molecular weight excluding hydrogens is 330 g/mol. The summed E-state index contributed by atoms with van der Waals surface area (Å²) in [5.41, 5.74) is 5.56. The van der Waals surface area contributed by atoms with Crippen LogP contribution in [0.2, 0.25) is 0 Å². The Morgan fingerprint density at radius 3 is 2.85 bits per heavy atom. The van der Waals surface area contributed by atoms with Crippen LogP contribution in [0.4, 0.5) is 0 Å². The molecular formula is C19H23N5O2. The second-order valence-electron chi connectivity index (χ2n) is 6.94. The van der Waals surface area contributed by atoms with Crippen LogP contribution >= 0.6 is 0 Å². The van der Waals surface area contributed by atoms with Gasteiger partial charge < -0.3 is 9.64 Å². The van der Waals surface area contributed by atoms with E-state index in [1.807, 2.05) is 49.5 Å². The molecule has 3 heterocycles. The number of H-pyrrole nitrogens is 1. The highest BCUT2D eigenvalue weighted by atomic mass is 16.5. The van der Waals surface area contributed by atoms with Crippen molar-refractivity contribution in [2.75, 3.05) is 19.8 Å².